The van der Waals surface area contributed by atoms with Crippen molar-refractivity contribution < 1.29 is 9.90 Å². The van der Waals surface area contributed by atoms with Gasteiger partial charge in [-0.3, -0.25) is 4.79 Å². The van der Waals surface area contributed by atoms with Gasteiger partial charge in [0.2, 0.25) is 5.91 Å². The van der Waals surface area contributed by atoms with E-state index in [1.807, 2.05) is 0 Å². The highest BCUT2D eigenvalue weighted by Gasteiger charge is 2.45. The van der Waals surface area contributed by atoms with Crippen LogP contribution in [0.1, 0.15) is 38.5 Å². The van der Waals surface area contributed by atoms with Crippen molar-refractivity contribution >= 4 is 5.91 Å². The Morgan fingerprint density at radius 3 is 2.76 bits per heavy atom. The monoisotopic (exact) mass is 237 g/mol. The van der Waals surface area contributed by atoms with Crippen LogP contribution in [-0.4, -0.2) is 35.6 Å². The van der Waals surface area contributed by atoms with E-state index in [-0.39, 0.29) is 6.61 Å². The first-order valence-electron chi connectivity index (χ1n) is 7.17. The second-order valence-corrected chi connectivity index (χ2v) is 6.23. The van der Waals surface area contributed by atoms with Gasteiger partial charge in [0.1, 0.15) is 0 Å². The first-order valence-corrected chi connectivity index (χ1v) is 7.17. The predicted octanol–water partition coefficient (Wildman–Crippen LogP) is 1.65. The second kappa shape index (κ2) is 4.60. The molecule has 2 saturated carbocycles. The summed E-state index contributed by atoms with van der Waals surface area (Å²) in [6.07, 6.45) is 7.07. The van der Waals surface area contributed by atoms with Gasteiger partial charge in [0.15, 0.2) is 0 Å². The summed E-state index contributed by atoms with van der Waals surface area (Å²) < 4.78 is 0. The molecule has 0 spiro atoms. The molecule has 4 unspecified atom stereocenters. The average molecular weight is 237 g/mol. The molecular weight excluding hydrogens is 214 g/mol. The molecule has 1 amide bonds. The van der Waals surface area contributed by atoms with E-state index in [1.54, 1.807) is 0 Å². The van der Waals surface area contributed by atoms with Gasteiger partial charge in [-0.25, -0.2) is 0 Å². The number of carbonyl (C=O) groups is 1. The number of fused-ring (bicyclic) bond motifs is 2. The fourth-order valence-corrected chi connectivity index (χ4v) is 4.23. The SMILES string of the molecule is O=C(C1CC2CCC1C2)N1CCC(CCO)C1. The molecule has 0 aromatic rings. The number of carbonyl (C=O) groups excluding carboxylic acids is 1. The van der Waals surface area contributed by atoms with E-state index < -0.39 is 0 Å². The quantitative estimate of drug-likeness (QED) is 0.811. The summed E-state index contributed by atoms with van der Waals surface area (Å²) in [5, 5.41) is 8.95. The molecule has 3 nitrogen and oxygen atoms in total. The Kier molecular flexibility index (Phi) is 3.12. The third kappa shape index (κ3) is 2.10. The van der Waals surface area contributed by atoms with Crippen molar-refractivity contribution in [3.63, 3.8) is 0 Å². The predicted molar refractivity (Wildman–Crippen MR) is 65.3 cm³/mol. The van der Waals surface area contributed by atoms with Crippen molar-refractivity contribution in [3.05, 3.63) is 0 Å². The standard InChI is InChI=1S/C14H23NO2/c16-6-4-10-3-5-15(9-10)14(17)13-8-11-1-2-12(13)7-11/h10-13,16H,1-9H2. The third-order valence-electron chi connectivity index (χ3n) is 5.19. The summed E-state index contributed by atoms with van der Waals surface area (Å²) in [4.78, 5) is 14.5. The molecule has 3 fully saturated rings. The van der Waals surface area contributed by atoms with E-state index >= 15 is 0 Å². The van der Waals surface area contributed by atoms with Gasteiger partial charge in [-0.2, -0.15) is 0 Å². The van der Waals surface area contributed by atoms with Crippen LogP contribution in [0.5, 0.6) is 0 Å². The molecule has 2 bridgehead atoms. The Bertz CT molecular complexity index is 305. The third-order valence-corrected chi connectivity index (χ3v) is 5.19. The van der Waals surface area contributed by atoms with Crippen LogP contribution in [0, 0.1) is 23.7 Å². The summed E-state index contributed by atoms with van der Waals surface area (Å²) in [5.41, 5.74) is 0. The van der Waals surface area contributed by atoms with Crippen LogP contribution in [0.4, 0.5) is 0 Å². The van der Waals surface area contributed by atoms with Crippen LogP contribution < -0.4 is 0 Å². The lowest BCUT2D eigenvalue weighted by atomic mass is 9.88. The Balaban J connectivity index is 1.57. The first-order chi connectivity index (χ1) is 8.28. The first kappa shape index (κ1) is 11.5. The number of hydrogen-bond acceptors (Lipinski definition) is 2. The van der Waals surface area contributed by atoms with Crippen LogP contribution in [0.15, 0.2) is 0 Å². The van der Waals surface area contributed by atoms with Gasteiger partial charge in [-0.15, -0.1) is 0 Å². The van der Waals surface area contributed by atoms with Crippen molar-refractivity contribution in [1.82, 2.24) is 4.90 Å². The van der Waals surface area contributed by atoms with E-state index in [0.29, 0.717) is 23.7 Å². The molecule has 0 radical (unpaired) electrons. The minimum absolute atomic E-state index is 0.265. The van der Waals surface area contributed by atoms with Crippen LogP contribution in [0.2, 0.25) is 0 Å². The molecule has 1 heterocycles. The molecule has 3 heteroatoms. The second-order valence-electron chi connectivity index (χ2n) is 6.23. The molecule has 4 atom stereocenters. The Hall–Kier alpha value is -0.570. The van der Waals surface area contributed by atoms with Crippen molar-refractivity contribution in [1.29, 1.82) is 0 Å². The Morgan fingerprint density at radius 2 is 2.12 bits per heavy atom. The van der Waals surface area contributed by atoms with Crippen LogP contribution in [0.25, 0.3) is 0 Å². The van der Waals surface area contributed by atoms with Crippen molar-refractivity contribution in [2.75, 3.05) is 19.7 Å². The van der Waals surface area contributed by atoms with Gasteiger partial charge in [0, 0.05) is 25.6 Å². The molecule has 1 saturated heterocycles. The lowest BCUT2D eigenvalue weighted by molar-refractivity contribution is -0.136. The lowest BCUT2D eigenvalue weighted by Gasteiger charge is -2.26. The maximum atomic E-state index is 12.5. The normalized spacial score (nSPS) is 40.2. The van der Waals surface area contributed by atoms with E-state index in [1.165, 1.54) is 19.3 Å². The smallest absolute Gasteiger partial charge is 0.225 e. The van der Waals surface area contributed by atoms with Gasteiger partial charge in [-0.1, -0.05) is 6.42 Å². The number of aliphatic hydroxyl groups is 1. The largest absolute Gasteiger partial charge is 0.396 e. The van der Waals surface area contributed by atoms with Gasteiger partial charge in [0.25, 0.3) is 0 Å². The van der Waals surface area contributed by atoms with Crippen molar-refractivity contribution in [2.24, 2.45) is 23.7 Å². The average Bonchev–Trinajstić information content (AvgIpc) is 3.03. The Morgan fingerprint density at radius 1 is 1.24 bits per heavy atom. The van der Waals surface area contributed by atoms with Crippen LogP contribution in [-0.2, 0) is 4.79 Å². The van der Waals surface area contributed by atoms with Crippen LogP contribution in [0.3, 0.4) is 0 Å². The number of aliphatic hydroxyl groups excluding tert-OH is 1. The zero-order valence-corrected chi connectivity index (χ0v) is 10.5. The van der Waals surface area contributed by atoms with Gasteiger partial charge >= 0.3 is 0 Å². The van der Waals surface area contributed by atoms with E-state index in [0.717, 1.165) is 38.3 Å². The summed E-state index contributed by atoms with van der Waals surface area (Å²) >= 11 is 0. The maximum Gasteiger partial charge on any atom is 0.225 e. The topological polar surface area (TPSA) is 40.5 Å². The number of rotatable bonds is 3. The molecule has 2 aliphatic carbocycles. The number of nitrogens with zero attached hydrogens (tertiary/aromatic N) is 1. The zero-order valence-electron chi connectivity index (χ0n) is 10.5. The lowest BCUT2D eigenvalue weighted by Crippen LogP contribution is -2.36. The van der Waals surface area contributed by atoms with Crippen LogP contribution >= 0.6 is 0 Å². The summed E-state index contributed by atoms with van der Waals surface area (Å²) in [5.74, 6) is 2.87. The minimum atomic E-state index is 0.265. The van der Waals surface area contributed by atoms with Gasteiger partial charge < -0.3 is 10.0 Å². The molecule has 1 aliphatic heterocycles. The molecular formula is C14H23NO2. The fourth-order valence-electron chi connectivity index (χ4n) is 4.23. The number of amides is 1. The molecule has 1 N–H and O–H groups in total. The minimum Gasteiger partial charge on any atom is -0.396 e. The van der Waals surface area contributed by atoms with Crippen molar-refractivity contribution in [3.8, 4) is 0 Å². The van der Waals surface area contributed by atoms with E-state index in [4.69, 9.17) is 5.11 Å². The van der Waals surface area contributed by atoms with Gasteiger partial charge in [-0.05, 0) is 49.9 Å². The number of hydrogen-bond donors (Lipinski definition) is 1. The molecule has 96 valence electrons. The summed E-state index contributed by atoms with van der Waals surface area (Å²) in [6.45, 7) is 2.09. The maximum absolute atomic E-state index is 12.5. The molecule has 0 aromatic heterocycles. The van der Waals surface area contributed by atoms with Gasteiger partial charge in [0.05, 0.1) is 0 Å². The highest BCUT2D eigenvalue weighted by molar-refractivity contribution is 5.80. The number of likely N-dealkylation sites (tertiary alicyclic amines) is 1. The summed E-state index contributed by atoms with van der Waals surface area (Å²) in [7, 11) is 0. The van der Waals surface area contributed by atoms with Crippen molar-refractivity contribution in [2.45, 2.75) is 38.5 Å². The molecule has 3 aliphatic rings. The molecule has 3 rings (SSSR count). The van der Waals surface area contributed by atoms with E-state index in [2.05, 4.69) is 4.90 Å². The summed E-state index contributed by atoms with van der Waals surface area (Å²) in [6, 6.07) is 0. The molecule has 0 aromatic carbocycles. The highest BCUT2D eigenvalue weighted by atomic mass is 16.3. The Labute approximate surface area is 103 Å². The molecule has 17 heavy (non-hydrogen) atoms. The highest BCUT2D eigenvalue weighted by Crippen LogP contribution is 2.49. The zero-order chi connectivity index (χ0) is 11.8. The fraction of sp³-hybridized carbons (Fsp3) is 0.929. The van der Waals surface area contributed by atoms with E-state index in [9.17, 15) is 4.79 Å².